The van der Waals surface area contributed by atoms with Crippen molar-refractivity contribution in [1.29, 1.82) is 0 Å². The van der Waals surface area contributed by atoms with E-state index < -0.39 is 5.97 Å². The molecule has 0 saturated carbocycles. The van der Waals surface area contributed by atoms with Gasteiger partial charge in [0.05, 0.1) is 12.5 Å². The zero-order chi connectivity index (χ0) is 13.7. The Kier molecular flexibility index (Phi) is 5.19. The Morgan fingerprint density at radius 3 is 2.74 bits per heavy atom. The van der Waals surface area contributed by atoms with Crippen molar-refractivity contribution in [3.05, 3.63) is 0 Å². The normalized spacial score (nSPS) is 27.5. The largest absolute Gasteiger partial charge is 0.481 e. The molecule has 2 unspecified atom stereocenters. The molecular formula is C14H23NO4. The first-order valence-corrected chi connectivity index (χ1v) is 7.29. The maximum absolute atomic E-state index is 12.2. The fraction of sp³-hybridized carbons (Fsp3) is 0.857. The third-order valence-electron chi connectivity index (χ3n) is 4.06. The molecule has 0 aromatic rings. The SMILES string of the molecule is O=C(O)CC1CCCCN1C(=O)CCC1CCCO1. The van der Waals surface area contributed by atoms with Gasteiger partial charge >= 0.3 is 5.97 Å². The second-order valence-corrected chi connectivity index (χ2v) is 5.51. The van der Waals surface area contributed by atoms with Gasteiger partial charge in [0.1, 0.15) is 0 Å². The molecule has 2 rings (SSSR count). The van der Waals surface area contributed by atoms with Gasteiger partial charge in [0, 0.05) is 25.6 Å². The molecule has 5 nitrogen and oxygen atoms in total. The highest BCUT2D eigenvalue weighted by Gasteiger charge is 2.28. The minimum atomic E-state index is -0.816. The quantitative estimate of drug-likeness (QED) is 0.826. The molecule has 2 atom stereocenters. The molecule has 2 fully saturated rings. The minimum absolute atomic E-state index is 0.0751. The number of nitrogens with zero attached hydrogens (tertiary/aromatic N) is 1. The van der Waals surface area contributed by atoms with E-state index in [1.165, 1.54) is 0 Å². The number of carboxylic acids is 1. The maximum atomic E-state index is 12.2. The third-order valence-corrected chi connectivity index (χ3v) is 4.06. The van der Waals surface area contributed by atoms with Crippen LogP contribution in [0.25, 0.3) is 0 Å². The lowest BCUT2D eigenvalue weighted by atomic mass is 9.98. The van der Waals surface area contributed by atoms with Gasteiger partial charge in [-0.2, -0.15) is 0 Å². The van der Waals surface area contributed by atoms with Crippen LogP contribution in [0, 0.1) is 0 Å². The number of ether oxygens (including phenoxy) is 1. The summed E-state index contributed by atoms with van der Waals surface area (Å²) in [5.74, 6) is -0.717. The van der Waals surface area contributed by atoms with Gasteiger partial charge in [-0.05, 0) is 38.5 Å². The van der Waals surface area contributed by atoms with Crippen molar-refractivity contribution in [1.82, 2.24) is 4.90 Å². The Morgan fingerprint density at radius 2 is 2.05 bits per heavy atom. The fourth-order valence-electron chi connectivity index (χ4n) is 3.04. The Morgan fingerprint density at radius 1 is 1.21 bits per heavy atom. The Balaban J connectivity index is 1.82. The van der Waals surface area contributed by atoms with E-state index in [0.717, 1.165) is 45.1 Å². The van der Waals surface area contributed by atoms with E-state index in [2.05, 4.69) is 0 Å². The van der Waals surface area contributed by atoms with Gasteiger partial charge in [0.25, 0.3) is 0 Å². The van der Waals surface area contributed by atoms with Crippen LogP contribution in [0.15, 0.2) is 0 Å². The molecule has 2 saturated heterocycles. The number of carbonyl (C=O) groups excluding carboxylic acids is 1. The van der Waals surface area contributed by atoms with Gasteiger partial charge in [-0.1, -0.05) is 0 Å². The molecule has 2 aliphatic heterocycles. The highest BCUT2D eigenvalue weighted by Crippen LogP contribution is 2.23. The monoisotopic (exact) mass is 269 g/mol. The molecule has 0 bridgehead atoms. The number of rotatable bonds is 5. The molecule has 1 N–H and O–H groups in total. The minimum Gasteiger partial charge on any atom is -0.481 e. The van der Waals surface area contributed by atoms with Crippen LogP contribution in [0.3, 0.4) is 0 Å². The Labute approximate surface area is 113 Å². The van der Waals surface area contributed by atoms with Gasteiger partial charge in [-0.25, -0.2) is 0 Å². The van der Waals surface area contributed by atoms with Crippen LogP contribution in [0.1, 0.15) is 51.4 Å². The number of carboxylic acid groups (broad SMARTS) is 1. The molecule has 5 heteroatoms. The molecule has 0 aromatic carbocycles. The lowest BCUT2D eigenvalue weighted by molar-refractivity contribution is -0.142. The third kappa shape index (κ3) is 4.20. The summed E-state index contributed by atoms with van der Waals surface area (Å²) in [5.41, 5.74) is 0. The van der Waals surface area contributed by atoms with Crippen molar-refractivity contribution in [3.63, 3.8) is 0 Å². The van der Waals surface area contributed by atoms with Crippen molar-refractivity contribution < 1.29 is 19.4 Å². The molecular weight excluding hydrogens is 246 g/mol. The number of likely N-dealkylation sites (tertiary alicyclic amines) is 1. The van der Waals surface area contributed by atoms with Crippen LogP contribution < -0.4 is 0 Å². The first-order valence-electron chi connectivity index (χ1n) is 7.29. The maximum Gasteiger partial charge on any atom is 0.305 e. The average Bonchev–Trinajstić information content (AvgIpc) is 2.89. The van der Waals surface area contributed by atoms with Crippen LogP contribution in [0.5, 0.6) is 0 Å². The van der Waals surface area contributed by atoms with Gasteiger partial charge < -0.3 is 14.7 Å². The van der Waals surface area contributed by atoms with Crippen LogP contribution in [0.2, 0.25) is 0 Å². The predicted molar refractivity (Wildman–Crippen MR) is 69.8 cm³/mol. The van der Waals surface area contributed by atoms with E-state index in [0.29, 0.717) is 13.0 Å². The van der Waals surface area contributed by atoms with Crippen LogP contribution in [0.4, 0.5) is 0 Å². The Bertz CT molecular complexity index is 325. The van der Waals surface area contributed by atoms with E-state index in [9.17, 15) is 9.59 Å². The lowest BCUT2D eigenvalue weighted by Crippen LogP contribution is -2.44. The summed E-state index contributed by atoms with van der Waals surface area (Å²) in [6.45, 7) is 1.52. The molecule has 0 radical (unpaired) electrons. The molecule has 0 aromatic heterocycles. The number of carbonyl (C=O) groups is 2. The zero-order valence-corrected chi connectivity index (χ0v) is 11.3. The van der Waals surface area contributed by atoms with Crippen molar-refractivity contribution >= 4 is 11.9 Å². The van der Waals surface area contributed by atoms with Crippen molar-refractivity contribution in [2.75, 3.05) is 13.2 Å². The number of hydrogen-bond donors (Lipinski definition) is 1. The summed E-state index contributed by atoms with van der Waals surface area (Å²) >= 11 is 0. The van der Waals surface area contributed by atoms with Crippen LogP contribution in [-0.2, 0) is 14.3 Å². The number of hydrogen-bond acceptors (Lipinski definition) is 3. The van der Waals surface area contributed by atoms with Gasteiger partial charge in [-0.15, -0.1) is 0 Å². The summed E-state index contributed by atoms with van der Waals surface area (Å²) in [4.78, 5) is 24.9. The standard InChI is InChI=1S/C14H23NO4/c16-13(7-6-12-5-3-9-19-12)15-8-2-1-4-11(15)10-14(17)18/h11-12H,1-10H2,(H,17,18). The summed E-state index contributed by atoms with van der Waals surface area (Å²) in [6, 6.07) is -0.108. The van der Waals surface area contributed by atoms with E-state index in [1.807, 2.05) is 0 Å². The van der Waals surface area contributed by atoms with Crippen LogP contribution >= 0.6 is 0 Å². The first kappa shape index (κ1) is 14.3. The molecule has 1 amide bonds. The van der Waals surface area contributed by atoms with E-state index >= 15 is 0 Å². The smallest absolute Gasteiger partial charge is 0.305 e. The van der Waals surface area contributed by atoms with Crippen LogP contribution in [-0.4, -0.2) is 47.2 Å². The summed E-state index contributed by atoms with van der Waals surface area (Å²) in [5, 5.41) is 8.91. The second-order valence-electron chi connectivity index (χ2n) is 5.51. The lowest BCUT2D eigenvalue weighted by Gasteiger charge is -2.35. The van der Waals surface area contributed by atoms with Crippen molar-refractivity contribution in [2.45, 2.75) is 63.5 Å². The average molecular weight is 269 g/mol. The van der Waals surface area contributed by atoms with Gasteiger partial charge in [0.2, 0.25) is 5.91 Å². The molecule has 108 valence electrons. The first-order chi connectivity index (χ1) is 9.16. The van der Waals surface area contributed by atoms with E-state index in [4.69, 9.17) is 9.84 Å². The molecule has 2 heterocycles. The zero-order valence-electron chi connectivity index (χ0n) is 11.3. The molecule has 0 aliphatic carbocycles. The highest BCUT2D eigenvalue weighted by molar-refractivity contribution is 5.77. The Hall–Kier alpha value is -1.10. The number of amides is 1. The summed E-state index contributed by atoms with van der Waals surface area (Å²) in [7, 11) is 0. The highest BCUT2D eigenvalue weighted by atomic mass is 16.5. The molecule has 0 spiro atoms. The second kappa shape index (κ2) is 6.89. The topological polar surface area (TPSA) is 66.8 Å². The molecule has 19 heavy (non-hydrogen) atoms. The fourth-order valence-corrected chi connectivity index (χ4v) is 3.04. The summed E-state index contributed by atoms with van der Waals surface area (Å²) < 4.78 is 5.52. The molecule has 2 aliphatic rings. The predicted octanol–water partition coefficient (Wildman–Crippen LogP) is 1.80. The number of aliphatic carboxylic acids is 1. The van der Waals surface area contributed by atoms with Gasteiger partial charge in [0.15, 0.2) is 0 Å². The summed E-state index contributed by atoms with van der Waals surface area (Å²) in [6.07, 6.45) is 6.52. The number of piperidine rings is 1. The van der Waals surface area contributed by atoms with E-state index in [-0.39, 0.29) is 24.5 Å². The van der Waals surface area contributed by atoms with E-state index in [1.54, 1.807) is 4.90 Å². The van der Waals surface area contributed by atoms with Crippen molar-refractivity contribution in [3.8, 4) is 0 Å². The van der Waals surface area contributed by atoms with Crippen molar-refractivity contribution in [2.24, 2.45) is 0 Å². The van der Waals surface area contributed by atoms with Gasteiger partial charge in [-0.3, -0.25) is 9.59 Å².